The highest BCUT2D eigenvalue weighted by atomic mass is 16.6. The van der Waals surface area contributed by atoms with Crippen LogP contribution in [-0.2, 0) is 9.47 Å². The molecule has 0 N–H and O–H groups in total. The third-order valence-corrected chi connectivity index (χ3v) is 2.59. The number of hydrogen-bond acceptors (Lipinski definition) is 4. The lowest BCUT2D eigenvalue weighted by Crippen LogP contribution is -2.51. The third kappa shape index (κ3) is 1.33. The quantitative estimate of drug-likeness (QED) is 0.603. The number of rotatable bonds is 0. The van der Waals surface area contributed by atoms with Gasteiger partial charge in [0.1, 0.15) is 0 Å². The summed E-state index contributed by atoms with van der Waals surface area (Å²) in [5.74, 6) is 0. The molecule has 1 heterocycles. The van der Waals surface area contributed by atoms with E-state index in [1.807, 2.05) is 6.08 Å². The molecule has 1 atom stereocenters. The molecule has 2 rings (SSSR count). The van der Waals surface area contributed by atoms with Crippen molar-refractivity contribution in [3.8, 4) is 0 Å². The number of nitrogens with zero attached hydrogens (tertiary/aromatic N) is 2. The maximum absolute atomic E-state index is 11.5. The minimum atomic E-state index is -0.561. The van der Waals surface area contributed by atoms with Gasteiger partial charge in [0, 0.05) is 5.70 Å². The van der Waals surface area contributed by atoms with E-state index < -0.39 is 12.2 Å². The first-order valence-corrected chi connectivity index (χ1v) is 4.65. The Bertz CT molecular complexity index is 339. The lowest BCUT2D eigenvalue weighted by atomic mass is 10.2. The minimum absolute atomic E-state index is 0.0773. The molecule has 1 aliphatic carbocycles. The van der Waals surface area contributed by atoms with Gasteiger partial charge in [0.2, 0.25) is 0 Å². The van der Waals surface area contributed by atoms with Crippen molar-refractivity contribution in [1.29, 1.82) is 0 Å². The van der Waals surface area contributed by atoms with Crippen LogP contribution in [0.5, 0.6) is 0 Å². The first kappa shape index (κ1) is 9.82. The van der Waals surface area contributed by atoms with Crippen LogP contribution in [0.1, 0.15) is 12.8 Å². The summed E-state index contributed by atoms with van der Waals surface area (Å²) in [6.45, 7) is 0. The minimum Gasteiger partial charge on any atom is -0.451 e. The molecule has 1 aliphatic heterocycles. The van der Waals surface area contributed by atoms with Crippen molar-refractivity contribution in [2.75, 3.05) is 14.2 Å². The van der Waals surface area contributed by atoms with Gasteiger partial charge in [-0.15, -0.1) is 0 Å². The molecule has 0 saturated carbocycles. The Balaban J connectivity index is 2.23. The first-order chi connectivity index (χ1) is 7.19. The summed E-state index contributed by atoms with van der Waals surface area (Å²) in [7, 11) is 2.57. The van der Waals surface area contributed by atoms with E-state index in [2.05, 4.69) is 9.47 Å². The molecular weight excluding hydrogens is 200 g/mol. The van der Waals surface area contributed by atoms with Crippen LogP contribution in [0.25, 0.3) is 0 Å². The number of carbonyl (C=O) groups is 2. The fourth-order valence-corrected chi connectivity index (χ4v) is 1.94. The number of amides is 2. The summed E-state index contributed by atoms with van der Waals surface area (Å²) < 4.78 is 9.22. The molecular formula is C9H12N2O4. The highest BCUT2D eigenvalue weighted by molar-refractivity contribution is 5.78. The zero-order valence-corrected chi connectivity index (χ0v) is 8.60. The molecule has 0 aromatic rings. The summed E-state index contributed by atoms with van der Waals surface area (Å²) in [6, 6.07) is -0.0773. The number of fused-ring (bicyclic) bond motifs is 1. The zero-order valence-electron chi connectivity index (χ0n) is 8.60. The van der Waals surface area contributed by atoms with Gasteiger partial charge in [-0.2, -0.15) is 5.01 Å². The maximum Gasteiger partial charge on any atom is 0.433 e. The number of allylic oxidation sites excluding steroid dienone is 1. The summed E-state index contributed by atoms with van der Waals surface area (Å²) in [5, 5.41) is 2.52. The van der Waals surface area contributed by atoms with Gasteiger partial charge in [-0.3, -0.25) is 0 Å². The molecule has 0 spiro atoms. The van der Waals surface area contributed by atoms with E-state index in [0.717, 1.165) is 18.5 Å². The average molecular weight is 212 g/mol. The van der Waals surface area contributed by atoms with Crippen molar-refractivity contribution in [2.45, 2.75) is 18.9 Å². The normalized spacial score (nSPS) is 22.8. The summed E-state index contributed by atoms with van der Waals surface area (Å²) in [5.41, 5.74) is 0.803. The molecule has 0 aromatic heterocycles. The van der Waals surface area contributed by atoms with Gasteiger partial charge in [-0.25, -0.2) is 14.6 Å². The molecule has 0 fully saturated rings. The van der Waals surface area contributed by atoms with Crippen LogP contribution < -0.4 is 0 Å². The predicted octanol–water partition coefficient (Wildman–Crippen LogP) is 1.10. The van der Waals surface area contributed by atoms with Crippen molar-refractivity contribution in [2.24, 2.45) is 0 Å². The van der Waals surface area contributed by atoms with Gasteiger partial charge < -0.3 is 9.47 Å². The second-order valence-electron chi connectivity index (χ2n) is 3.36. The molecule has 6 heteroatoms. The fraction of sp³-hybridized carbons (Fsp3) is 0.556. The fourth-order valence-electron chi connectivity index (χ4n) is 1.94. The van der Waals surface area contributed by atoms with Crippen molar-refractivity contribution in [1.82, 2.24) is 10.0 Å². The number of carbonyl (C=O) groups excluding carboxylic acids is 2. The van der Waals surface area contributed by atoms with Gasteiger partial charge >= 0.3 is 12.2 Å². The third-order valence-electron chi connectivity index (χ3n) is 2.59. The molecule has 2 amide bonds. The van der Waals surface area contributed by atoms with Crippen LogP contribution in [-0.4, -0.2) is 42.5 Å². The highest BCUT2D eigenvalue weighted by Crippen LogP contribution is 2.36. The largest absolute Gasteiger partial charge is 0.451 e. The first-order valence-electron chi connectivity index (χ1n) is 4.65. The van der Waals surface area contributed by atoms with E-state index in [1.165, 1.54) is 24.2 Å². The van der Waals surface area contributed by atoms with Crippen LogP contribution in [0.4, 0.5) is 9.59 Å². The van der Waals surface area contributed by atoms with E-state index in [0.29, 0.717) is 0 Å². The van der Waals surface area contributed by atoms with Gasteiger partial charge in [0.05, 0.1) is 20.3 Å². The van der Waals surface area contributed by atoms with Gasteiger partial charge in [0.15, 0.2) is 0 Å². The van der Waals surface area contributed by atoms with Gasteiger partial charge in [-0.1, -0.05) is 0 Å². The van der Waals surface area contributed by atoms with E-state index in [1.54, 1.807) is 0 Å². The van der Waals surface area contributed by atoms with Crippen molar-refractivity contribution < 1.29 is 19.1 Å². The number of ether oxygens (including phenoxy) is 2. The second kappa shape index (κ2) is 3.45. The van der Waals surface area contributed by atoms with Crippen LogP contribution in [0.3, 0.4) is 0 Å². The Hall–Kier alpha value is -1.72. The van der Waals surface area contributed by atoms with Crippen molar-refractivity contribution >= 4 is 12.2 Å². The topological polar surface area (TPSA) is 59.1 Å². The van der Waals surface area contributed by atoms with Crippen LogP contribution in [0, 0.1) is 0 Å². The van der Waals surface area contributed by atoms with Gasteiger partial charge in [0.25, 0.3) is 0 Å². The Kier molecular flexibility index (Phi) is 2.26. The molecule has 0 aromatic carbocycles. The van der Waals surface area contributed by atoms with E-state index in [9.17, 15) is 9.59 Å². The van der Waals surface area contributed by atoms with Crippen molar-refractivity contribution in [3.63, 3.8) is 0 Å². The molecule has 82 valence electrons. The van der Waals surface area contributed by atoms with Gasteiger partial charge in [-0.05, 0) is 18.9 Å². The van der Waals surface area contributed by atoms with Crippen LogP contribution in [0.15, 0.2) is 11.8 Å². The van der Waals surface area contributed by atoms with Crippen LogP contribution >= 0.6 is 0 Å². The molecule has 1 unspecified atom stereocenters. The lowest BCUT2D eigenvalue weighted by molar-refractivity contribution is -0.00606. The zero-order chi connectivity index (χ0) is 11.0. The molecule has 0 radical (unpaired) electrons. The monoisotopic (exact) mass is 212 g/mol. The smallest absolute Gasteiger partial charge is 0.433 e. The van der Waals surface area contributed by atoms with E-state index in [4.69, 9.17) is 0 Å². The van der Waals surface area contributed by atoms with E-state index >= 15 is 0 Å². The Morgan fingerprint density at radius 2 is 2.00 bits per heavy atom. The summed E-state index contributed by atoms with van der Waals surface area (Å²) in [6.07, 6.45) is 2.39. The van der Waals surface area contributed by atoms with Crippen LogP contribution in [0.2, 0.25) is 0 Å². The molecule has 0 saturated heterocycles. The summed E-state index contributed by atoms with van der Waals surface area (Å²) in [4.78, 5) is 22.9. The van der Waals surface area contributed by atoms with Crippen molar-refractivity contribution in [3.05, 3.63) is 11.8 Å². The maximum atomic E-state index is 11.5. The number of hydrazine groups is 1. The molecule has 6 nitrogen and oxygen atoms in total. The second-order valence-corrected chi connectivity index (χ2v) is 3.36. The lowest BCUT2D eigenvalue weighted by Gasteiger charge is -2.34. The SMILES string of the molecule is COC(=O)N1C2=CC(CC2)N1C(=O)OC. The summed E-state index contributed by atoms with van der Waals surface area (Å²) >= 11 is 0. The molecule has 2 bridgehead atoms. The highest BCUT2D eigenvalue weighted by Gasteiger charge is 2.44. The number of methoxy groups -OCH3 is 2. The number of hydrogen-bond donors (Lipinski definition) is 0. The van der Waals surface area contributed by atoms with E-state index in [-0.39, 0.29) is 6.04 Å². The standard InChI is InChI=1S/C9H12N2O4/c1-14-8(12)10-6-3-4-7(5-6)11(10)9(13)15-2/h5-6H,3-4H2,1-2H3. The Morgan fingerprint density at radius 3 is 2.60 bits per heavy atom. The predicted molar refractivity (Wildman–Crippen MR) is 49.6 cm³/mol. The Labute approximate surface area is 87.0 Å². The average Bonchev–Trinajstić information content (AvgIpc) is 2.86. The Morgan fingerprint density at radius 1 is 1.33 bits per heavy atom. The molecule has 2 aliphatic rings. The molecule has 15 heavy (non-hydrogen) atoms.